The Bertz CT molecular complexity index is 311. The third kappa shape index (κ3) is 4.35. The molecule has 0 saturated carbocycles. The molecule has 0 saturated heterocycles. The lowest BCUT2D eigenvalue weighted by Gasteiger charge is -2.11. The van der Waals surface area contributed by atoms with Gasteiger partial charge in [0, 0.05) is 12.5 Å². The van der Waals surface area contributed by atoms with Gasteiger partial charge >= 0.3 is 0 Å². The summed E-state index contributed by atoms with van der Waals surface area (Å²) >= 11 is 1.55. The van der Waals surface area contributed by atoms with E-state index < -0.39 is 0 Å². The number of hydrogen-bond donors (Lipinski definition) is 1. The van der Waals surface area contributed by atoms with Crippen LogP contribution in [0.4, 0.5) is 5.95 Å². The first-order valence-electron chi connectivity index (χ1n) is 5.56. The maximum Gasteiger partial charge on any atom is 0.227 e. The summed E-state index contributed by atoms with van der Waals surface area (Å²) in [6, 6.07) is 0.337. The lowest BCUT2D eigenvalue weighted by molar-refractivity contribution is 0.609. The molecule has 0 bridgehead atoms. The van der Waals surface area contributed by atoms with Crippen molar-refractivity contribution in [1.82, 2.24) is 15.0 Å². The number of thioether (sulfide) groups is 1. The van der Waals surface area contributed by atoms with Crippen LogP contribution >= 0.6 is 11.8 Å². The predicted molar refractivity (Wildman–Crippen MR) is 68.9 cm³/mol. The third-order valence-corrected chi connectivity index (χ3v) is 2.40. The van der Waals surface area contributed by atoms with Crippen LogP contribution < -0.4 is 5.32 Å². The van der Waals surface area contributed by atoms with Crippen LogP contribution in [0.2, 0.25) is 0 Å². The Balaban J connectivity index is 2.91. The van der Waals surface area contributed by atoms with Crippen molar-refractivity contribution >= 4 is 17.7 Å². The molecule has 16 heavy (non-hydrogen) atoms. The minimum absolute atomic E-state index is 0.337. The van der Waals surface area contributed by atoms with Crippen LogP contribution in [0.5, 0.6) is 0 Å². The van der Waals surface area contributed by atoms with Gasteiger partial charge in [0.05, 0.1) is 0 Å². The second kappa shape index (κ2) is 6.03. The molecule has 5 heteroatoms. The van der Waals surface area contributed by atoms with Crippen molar-refractivity contribution in [2.24, 2.45) is 5.92 Å². The number of rotatable bonds is 5. The highest BCUT2D eigenvalue weighted by Gasteiger charge is 2.08. The number of nitrogens with zero attached hydrogens (tertiary/aromatic N) is 3. The van der Waals surface area contributed by atoms with Gasteiger partial charge in [0.15, 0.2) is 5.16 Å². The van der Waals surface area contributed by atoms with Crippen LogP contribution in [0.1, 0.15) is 33.5 Å². The van der Waals surface area contributed by atoms with Gasteiger partial charge in [-0.05, 0) is 26.0 Å². The highest BCUT2D eigenvalue weighted by molar-refractivity contribution is 7.98. The van der Waals surface area contributed by atoms with E-state index in [0.717, 1.165) is 17.4 Å². The van der Waals surface area contributed by atoms with Gasteiger partial charge in [0.25, 0.3) is 0 Å². The Morgan fingerprint density at radius 1 is 1.12 bits per heavy atom. The van der Waals surface area contributed by atoms with Gasteiger partial charge in [-0.25, -0.2) is 4.98 Å². The molecule has 1 rings (SSSR count). The van der Waals surface area contributed by atoms with Gasteiger partial charge in [0.1, 0.15) is 5.82 Å². The van der Waals surface area contributed by atoms with Gasteiger partial charge in [-0.15, -0.1) is 0 Å². The quantitative estimate of drug-likeness (QED) is 0.802. The maximum absolute atomic E-state index is 4.42. The zero-order valence-corrected chi connectivity index (χ0v) is 11.4. The Hall–Kier alpha value is -0.840. The summed E-state index contributed by atoms with van der Waals surface area (Å²) < 4.78 is 0. The molecule has 0 spiro atoms. The second-order valence-electron chi connectivity index (χ2n) is 4.46. The van der Waals surface area contributed by atoms with Crippen molar-refractivity contribution in [2.45, 2.75) is 45.3 Å². The fourth-order valence-electron chi connectivity index (χ4n) is 1.27. The zero-order valence-electron chi connectivity index (χ0n) is 10.6. The normalized spacial score (nSPS) is 11.2. The topological polar surface area (TPSA) is 50.7 Å². The smallest absolute Gasteiger partial charge is 0.227 e. The van der Waals surface area contributed by atoms with Gasteiger partial charge < -0.3 is 5.32 Å². The molecule has 1 heterocycles. The molecule has 0 aliphatic heterocycles. The summed E-state index contributed by atoms with van der Waals surface area (Å²) in [4.78, 5) is 13.1. The van der Waals surface area contributed by atoms with Gasteiger partial charge in [-0.1, -0.05) is 25.6 Å². The van der Waals surface area contributed by atoms with E-state index in [1.54, 1.807) is 11.8 Å². The van der Waals surface area contributed by atoms with Crippen LogP contribution in [0.3, 0.4) is 0 Å². The van der Waals surface area contributed by atoms with E-state index in [1.165, 1.54) is 0 Å². The predicted octanol–water partition coefficient (Wildman–Crippen LogP) is 2.61. The van der Waals surface area contributed by atoms with Crippen molar-refractivity contribution in [3.8, 4) is 0 Å². The van der Waals surface area contributed by atoms with Crippen LogP contribution in [-0.2, 0) is 6.42 Å². The molecular weight excluding hydrogens is 220 g/mol. The number of aromatic nitrogens is 3. The maximum atomic E-state index is 4.42. The van der Waals surface area contributed by atoms with Gasteiger partial charge in [-0.2, -0.15) is 9.97 Å². The minimum Gasteiger partial charge on any atom is -0.352 e. The van der Waals surface area contributed by atoms with Crippen molar-refractivity contribution in [3.05, 3.63) is 5.82 Å². The van der Waals surface area contributed by atoms with E-state index in [9.17, 15) is 0 Å². The third-order valence-electron chi connectivity index (χ3n) is 1.85. The van der Waals surface area contributed by atoms with Crippen molar-refractivity contribution in [3.63, 3.8) is 0 Å². The van der Waals surface area contributed by atoms with Crippen molar-refractivity contribution < 1.29 is 0 Å². The van der Waals surface area contributed by atoms with E-state index in [2.05, 4.69) is 48.0 Å². The molecule has 0 aliphatic carbocycles. The molecule has 0 aromatic carbocycles. The summed E-state index contributed by atoms with van der Waals surface area (Å²) in [7, 11) is 0. The fraction of sp³-hybridized carbons (Fsp3) is 0.727. The Kier molecular flexibility index (Phi) is 4.99. The van der Waals surface area contributed by atoms with Crippen LogP contribution in [0, 0.1) is 5.92 Å². The zero-order chi connectivity index (χ0) is 12.1. The lowest BCUT2D eigenvalue weighted by Crippen LogP contribution is -2.15. The van der Waals surface area contributed by atoms with Crippen LogP contribution in [0.15, 0.2) is 5.16 Å². The minimum atomic E-state index is 0.337. The van der Waals surface area contributed by atoms with Crippen LogP contribution in [0.25, 0.3) is 0 Å². The first-order chi connectivity index (χ1) is 7.51. The Morgan fingerprint density at radius 2 is 1.81 bits per heavy atom. The molecule has 0 amide bonds. The Labute approximate surface area is 102 Å². The van der Waals surface area contributed by atoms with E-state index in [4.69, 9.17) is 0 Å². The summed E-state index contributed by atoms with van der Waals surface area (Å²) in [6.45, 7) is 8.48. The SMILES string of the molecule is CSc1nc(CC(C)C)nc(NC(C)C)n1. The molecular formula is C11H20N4S. The molecule has 0 atom stereocenters. The monoisotopic (exact) mass is 240 g/mol. The van der Waals surface area contributed by atoms with E-state index in [0.29, 0.717) is 17.9 Å². The average molecular weight is 240 g/mol. The number of nitrogens with one attached hydrogen (secondary N) is 1. The molecule has 0 aliphatic rings. The average Bonchev–Trinajstić information content (AvgIpc) is 2.14. The Morgan fingerprint density at radius 3 is 2.31 bits per heavy atom. The number of hydrogen-bond acceptors (Lipinski definition) is 5. The molecule has 90 valence electrons. The molecule has 0 fully saturated rings. The van der Waals surface area contributed by atoms with Crippen molar-refractivity contribution in [1.29, 1.82) is 0 Å². The molecule has 1 aromatic heterocycles. The molecule has 4 nitrogen and oxygen atoms in total. The first-order valence-corrected chi connectivity index (χ1v) is 6.79. The summed E-state index contributed by atoms with van der Waals surface area (Å²) in [6.07, 6.45) is 2.87. The standard InChI is InChI=1S/C11H20N4S/c1-7(2)6-9-13-10(12-8(3)4)15-11(14-9)16-5/h7-8H,6H2,1-5H3,(H,12,13,14,15). The van der Waals surface area contributed by atoms with E-state index in [-0.39, 0.29) is 0 Å². The summed E-state index contributed by atoms with van der Waals surface area (Å²) in [5, 5.41) is 4.00. The van der Waals surface area contributed by atoms with Crippen LogP contribution in [-0.4, -0.2) is 27.2 Å². The summed E-state index contributed by atoms with van der Waals surface area (Å²) in [5.41, 5.74) is 0. The fourth-order valence-corrected chi connectivity index (χ4v) is 1.64. The lowest BCUT2D eigenvalue weighted by atomic mass is 10.1. The largest absolute Gasteiger partial charge is 0.352 e. The van der Waals surface area contributed by atoms with Gasteiger partial charge in [0.2, 0.25) is 5.95 Å². The summed E-state index contributed by atoms with van der Waals surface area (Å²) in [5.74, 6) is 2.12. The van der Waals surface area contributed by atoms with Crippen molar-refractivity contribution in [2.75, 3.05) is 11.6 Å². The molecule has 0 radical (unpaired) electrons. The van der Waals surface area contributed by atoms with Gasteiger partial charge in [-0.3, -0.25) is 0 Å². The highest BCUT2D eigenvalue weighted by Crippen LogP contribution is 2.13. The first kappa shape index (κ1) is 13.2. The highest BCUT2D eigenvalue weighted by atomic mass is 32.2. The number of anilines is 1. The molecule has 0 unspecified atom stereocenters. The second-order valence-corrected chi connectivity index (χ2v) is 5.23. The molecule has 1 N–H and O–H groups in total. The van der Waals surface area contributed by atoms with E-state index >= 15 is 0 Å². The van der Waals surface area contributed by atoms with E-state index in [1.807, 2.05) is 6.26 Å². The molecule has 1 aromatic rings.